The number of rotatable bonds is 11. The van der Waals surface area contributed by atoms with E-state index in [0.29, 0.717) is 17.7 Å². The molecule has 1 heterocycles. The molecule has 0 bridgehead atoms. The Hall–Kier alpha value is -2.28. The van der Waals surface area contributed by atoms with Crippen molar-refractivity contribution in [1.29, 1.82) is 0 Å². The van der Waals surface area contributed by atoms with Crippen LogP contribution in [0.5, 0.6) is 5.75 Å². The van der Waals surface area contributed by atoms with Gasteiger partial charge in [-0.2, -0.15) is 18.2 Å². The van der Waals surface area contributed by atoms with Crippen LogP contribution in [0.2, 0.25) is 0 Å². The molecule has 1 atom stereocenters. The molecule has 0 spiro atoms. The highest BCUT2D eigenvalue weighted by molar-refractivity contribution is 5.89. The van der Waals surface area contributed by atoms with E-state index in [2.05, 4.69) is 12.3 Å². The van der Waals surface area contributed by atoms with Gasteiger partial charge in [0.05, 0.1) is 6.61 Å². The van der Waals surface area contributed by atoms with Gasteiger partial charge in [-0.25, -0.2) is 0 Å². The van der Waals surface area contributed by atoms with Crippen LogP contribution in [-0.2, 0) is 4.79 Å². The molecule has 1 N–H and O–H groups in total. The first-order valence-electron chi connectivity index (χ1n) is 11.9. The van der Waals surface area contributed by atoms with Crippen molar-refractivity contribution in [2.75, 3.05) is 6.61 Å². The van der Waals surface area contributed by atoms with Crippen LogP contribution in [0.3, 0.4) is 0 Å². The van der Waals surface area contributed by atoms with Gasteiger partial charge in [-0.1, -0.05) is 69.7 Å². The molecule has 0 aliphatic carbocycles. The highest BCUT2D eigenvalue weighted by Crippen LogP contribution is 2.43. The van der Waals surface area contributed by atoms with E-state index in [1.54, 1.807) is 32.0 Å². The fourth-order valence-corrected chi connectivity index (χ4v) is 4.50. The third-order valence-corrected chi connectivity index (χ3v) is 6.25. The highest BCUT2D eigenvalue weighted by atomic mass is 19.4. The molecule has 1 aliphatic heterocycles. The van der Waals surface area contributed by atoms with Gasteiger partial charge in [0.1, 0.15) is 5.75 Å². The van der Waals surface area contributed by atoms with Crippen LogP contribution in [0.4, 0.5) is 13.2 Å². The molecule has 2 aromatic carbocycles. The number of nitrogens with zero attached hydrogens (tertiary/aromatic N) is 1. The molecule has 1 aliphatic rings. The summed E-state index contributed by atoms with van der Waals surface area (Å²) in [5.74, 6) is 0.180. The predicted molar refractivity (Wildman–Crippen MR) is 125 cm³/mol. The number of nitrogens with one attached hydrogen (secondary N) is 1. The number of amides is 1. The normalized spacial score (nSPS) is 17.3. The maximum atomic E-state index is 14.2. The lowest BCUT2D eigenvalue weighted by atomic mass is 9.95. The Morgan fingerprint density at radius 2 is 1.76 bits per heavy atom. The predicted octanol–water partition coefficient (Wildman–Crippen LogP) is 7.09. The van der Waals surface area contributed by atoms with E-state index in [1.165, 1.54) is 38.2 Å². The summed E-state index contributed by atoms with van der Waals surface area (Å²) in [7, 11) is 0. The zero-order valence-corrected chi connectivity index (χ0v) is 19.8. The maximum absolute atomic E-state index is 14.2. The summed E-state index contributed by atoms with van der Waals surface area (Å²) in [5.41, 5.74) is 1.54. The van der Waals surface area contributed by atoms with Gasteiger partial charge >= 0.3 is 6.18 Å². The molecule has 1 unspecified atom stereocenters. The second-order valence-corrected chi connectivity index (χ2v) is 9.54. The topological polar surface area (TPSA) is 41.6 Å². The van der Waals surface area contributed by atoms with Gasteiger partial charge in [-0.3, -0.25) is 10.2 Å². The molecule has 33 heavy (non-hydrogen) atoms. The lowest BCUT2D eigenvalue weighted by Gasteiger charge is -2.38. The zero-order chi connectivity index (χ0) is 24.1. The lowest BCUT2D eigenvalue weighted by molar-refractivity contribution is -0.203. The Morgan fingerprint density at radius 1 is 1.06 bits per heavy atom. The largest absolute Gasteiger partial charge is 0.493 e. The van der Waals surface area contributed by atoms with Gasteiger partial charge in [-0.05, 0) is 43.4 Å². The summed E-state index contributed by atoms with van der Waals surface area (Å²) < 4.78 is 48.6. The highest BCUT2D eigenvalue weighted by Gasteiger charge is 2.53. The summed E-state index contributed by atoms with van der Waals surface area (Å²) in [4.78, 5) is 11.9. The molecule has 1 amide bonds. The van der Waals surface area contributed by atoms with Gasteiger partial charge in [0.15, 0.2) is 6.04 Å². The first-order valence-corrected chi connectivity index (χ1v) is 11.9. The Labute approximate surface area is 194 Å². The van der Waals surface area contributed by atoms with Gasteiger partial charge in [0.25, 0.3) is 0 Å². The molecule has 4 nitrogen and oxygen atoms in total. The molecule has 2 aromatic rings. The van der Waals surface area contributed by atoms with E-state index in [4.69, 9.17) is 4.74 Å². The molecule has 1 saturated heterocycles. The van der Waals surface area contributed by atoms with Gasteiger partial charge in [-0.15, -0.1) is 0 Å². The van der Waals surface area contributed by atoms with Crippen molar-refractivity contribution in [3.63, 3.8) is 0 Å². The third-order valence-electron chi connectivity index (χ3n) is 6.25. The van der Waals surface area contributed by atoms with E-state index in [1.807, 2.05) is 12.1 Å². The number of alkyl halides is 3. The van der Waals surface area contributed by atoms with Crippen molar-refractivity contribution in [3.8, 4) is 5.75 Å². The monoisotopic (exact) mass is 464 g/mol. The van der Waals surface area contributed by atoms with E-state index < -0.39 is 23.7 Å². The summed E-state index contributed by atoms with van der Waals surface area (Å²) >= 11 is 0. The maximum Gasteiger partial charge on any atom is 0.409 e. The molecule has 7 heteroatoms. The Morgan fingerprint density at radius 3 is 2.39 bits per heavy atom. The second kappa shape index (κ2) is 10.8. The van der Waals surface area contributed by atoms with Crippen molar-refractivity contribution >= 4 is 16.7 Å². The second-order valence-electron chi connectivity index (χ2n) is 9.54. The number of halogens is 3. The lowest BCUT2D eigenvalue weighted by Crippen LogP contribution is -2.51. The Kier molecular flexibility index (Phi) is 8.27. The minimum Gasteiger partial charge on any atom is -0.493 e. The Bertz CT molecular complexity index is 943. The summed E-state index contributed by atoms with van der Waals surface area (Å²) in [6.45, 7) is 6.01. The number of benzene rings is 2. The van der Waals surface area contributed by atoms with Crippen molar-refractivity contribution in [1.82, 2.24) is 10.4 Å². The average Bonchev–Trinajstić information content (AvgIpc) is 3.00. The minimum atomic E-state index is -4.56. The van der Waals surface area contributed by atoms with Crippen LogP contribution in [0.15, 0.2) is 36.4 Å². The molecule has 1 fully saturated rings. The molecule has 0 saturated carbocycles. The van der Waals surface area contributed by atoms with Crippen LogP contribution < -0.4 is 10.2 Å². The quantitative estimate of drug-likeness (QED) is 0.361. The van der Waals surface area contributed by atoms with E-state index in [9.17, 15) is 18.0 Å². The first-order chi connectivity index (χ1) is 15.6. The third kappa shape index (κ3) is 6.40. The fourth-order valence-electron chi connectivity index (χ4n) is 4.50. The van der Waals surface area contributed by atoms with Crippen LogP contribution >= 0.6 is 0 Å². The van der Waals surface area contributed by atoms with Crippen LogP contribution in [0.1, 0.15) is 83.7 Å². The number of carbonyl (C=O) groups excluding carboxylic acids is 1. The molecule has 182 valence electrons. The Balaban J connectivity index is 1.78. The standard InChI is InChI=1S/C26H35F3N2O2/c1-4-5-6-7-8-9-10-16-33-22-13-11-12-19-14-15-20(17-21(19)22)24(26(27,28)29)31-25(2,3)18-23(32)30-31/h11-15,17,24H,4-10,16,18H2,1-3H3,(H,30,32). The summed E-state index contributed by atoms with van der Waals surface area (Å²) in [6.07, 6.45) is 3.62. The summed E-state index contributed by atoms with van der Waals surface area (Å²) in [5, 5.41) is 2.51. The van der Waals surface area contributed by atoms with Gasteiger partial charge < -0.3 is 4.74 Å². The fraction of sp³-hybridized carbons (Fsp3) is 0.577. The van der Waals surface area contributed by atoms with E-state index in [-0.39, 0.29) is 12.0 Å². The smallest absolute Gasteiger partial charge is 0.409 e. The number of unbranched alkanes of at least 4 members (excludes halogenated alkanes) is 6. The van der Waals surface area contributed by atoms with Crippen molar-refractivity contribution < 1.29 is 22.7 Å². The number of hydrazine groups is 1. The van der Waals surface area contributed by atoms with E-state index >= 15 is 0 Å². The number of fused-ring (bicyclic) bond motifs is 1. The van der Waals surface area contributed by atoms with Gasteiger partial charge in [0.2, 0.25) is 5.91 Å². The van der Waals surface area contributed by atoms with Crippen LogP contribution in [0.25, 0.3) is 10.8 Å². The molecule has 0 aromatic heterocycles. The number of hydrogen-bond donors (Lipinski definition) is 1. The van der Waals surface area contributed by atoms with Crippen LogP contribution in [0, 0.1) is 0 Å². The SMILES string of the molecule is CCCCCCCCCOc1cccc2ccc(C(N3NC(=O)CC3(C)C)C(F)(F)F)cc12. The first kappa shape index (κ1) is 25.3. The number of carbonyl (C=O) groups is 1. The molecular formula is C26H35F3N2O2. The molecule has 0 radical (unpaired) electrons. The van der Waals surface area contributed by atoms with Gasteiger partial charge in [0, 0.05) is 17.3 Å². The molecule has 3 rings (SSSR count). The van der Waals surface area contributed by atoms with Crippen LogP contribution in [-0.4, -0.2) is 29.2 Å². The summed E-state index contributed by atoms with van der Waals surface area (Å²) in [6, 6.07) is 8.30. The number of hydrogen-bond acceptors (Lipinski definition) is 3. The zero-order valence-electron chi connectivity index (χ0n) is 19.8. The minimum absolute atomic E-state index is 0.0139. The van der Waals surface area contributed by atoms with E-state index in [0.717, 1.165) is 23.2 Å². The van der Waals surface area contributed by atoms with Crippen molar-refractivity contribution in [2.45, 2.75) is 89.9 Å². The molecular weight excluding hydrogens is 429 g/mol. The number of ether oxygens (including phenoxy) is 1. The van der Waals surface area contributed by atoms with Crippen molar-refractivity contribution in [2.24, 2.45) is 0 Å². The van der Waals surface area contributed by atoms with Crippen molar-refractivity contribution in [3.05, 3.63) is 42.0 Å². The average molecular weight is 465 g/mol.